The van der Waals surface area contributed by atoms with Crippen molar-refractivity contribution in [1.82, 2.24) is 20.1 Å². The van der Waals surface area contributed by atoms with Gasteiger partial charge in [-0.05, 0) is 42.7 Å². The zero-order valence-electron chi connectivity index (χ0n) is 15.7. The molecule has 1 aromatic carbocycles. The average Bonchev–Trinajstić information content (AvgIpc) is 3.44. The molecule has 0 atom stereocenters. The molecule has 146 valence electrons. The summed E-state index contributed by atoms with van der Waals surface area (Å²) in [5, 5.41) is 13.4. The molecule has 0 spiro atoms. The second-order valence-corrected chi connectivity index (χ2v) is 7.72. The summed E-state index contributed by atoms with van der Waals surface area (Å²) in [6.45, 7) is 2.18. The van der Waals surface area contributed by atoms with Gasteiger partial charge in [0.05, 0.1) is 7.11 Å². The van der Waals surface area contributed by atoms with E-state index in [0.717, 1.165) is 47.5 Å². The maximum absolute atomic E-state index is 12.5. The van der Waals surface area contributed by atoms with E-state index < -0.39 is 0 Å². The smallest absolute Gasteiger partial charge is 0.223 e. The Balaban J connectivity index is 1.27. The highest BCUT2D eigenvalue weighted by Gasteiger charge is 2.26. The van der Waals surface area contributed by atoms with Crippen LogP contribution < -0.4 is 15.0 Å². The molecule has 7 nitrogen and oxygen atoms in total. The van der Waals surface area contributed by atoms with Gasteiger partial charge in [-0.25, -0.2) is 0 Å². The number of carbonyl (C=O) groups is 1. The van der Waals surface area contributed by atoms with Gasteiger partial charge in [0.15, 0.2) is 0 Å². The van der Waals surface area contributed by atoms with E-state index in [0.29, 0.717) is 6.54 Å². The monoisotopic (exact) mass is 397 g/mol. The van der Waals surface area contributed by atoms with Gasteiger partial charge in [-0.1, -0.05) is 23.5 Å². The number of rotatable bonds is 6. The Morgan fingerprint density at radius 3 is 2.50 bits per heavy atom. The maximum Gasteiger partial charge on any atom is 0.223 e. The number of amides is 1. The van der Waals surface area contributed by atoms with Crippen LogP contribution in [-0.4, -0.2) is 40.9 Å². The van der Waals surface area contributed by atoms with Gasteiger partial charge in [0.25, 0.3) is 0 Å². The summed E-state index contributed by atoms with van der Waals surface area (Å²) in [5.74, 6) is 0.992. The summed E-state index contributed by atoms with van der Waals surface area (Å²) in [7, 11) is 1.65. The van der Waals surface area contributed by atoms with E-state index >= 15 is 0 Å². The number of aromatic nitrogens is 3. The molecule has 0 bridgehead atoms. The van der Waals surface area contributed by atoms with E-state index in [-0.39, 0.29) is 11.8 Å². The standard InChI is InChI=1S/C20H23N5O2S/c1-27-17-6-4-15(5-7-17)14-21-18(26)16-8-12-25(13-9-16)20-23-22-19(28-20)24-10-2-3-11-24/h2-7,10-11,16H,8-9,12-14H2,1H3,(H,21,26). The van der Waals surface area contributed by atoms with E-state index in [1.54, 1.807) is 18.4 Å². The van der Waals surface area contributed by atoms with Gasteiger partial charge >= 0.3 is 0 Å². The van der Waals surface area contributed by atoms with Crippen molar-refractivity contribution in [3.63, 3.8) is 0 Å². The van der Waals surface area contributed by atoms with Crippen molar-refractivity contribution >= 4 is 22.4 Å². The number of anilines is 1. The van der Waals surface area contributed by atoms with Gasteiger partial charge in [-0.2, -0.15) is 0 Å². The first-order chi connectivity index (χ1) is 13.7. The van der Waals surface area contributed by atoms with Crippen LogP contribution in [0.2, 0.25) is 0 Å². The highest BCUT2D eigenvalue weighted by molar-refractivity contribution is 7.17. The van der Waals surface area contributed by atoms with Gasteiger partial charge in [-0.15, -0.1) is 10.2 Å². The third-order valence-corrected chi connectivity index (χ3v) is 5.99. The van der Waals surface area contributed by atoms with Crippen molar-refractivity contribution in [2.75, 3.05) is 25.1 Å². The Hall–Kier alpha value is -2.87. The summed E-state index contributed by atoms with van der Waals surface area (Å²) in [6.07, 6.45) is 5.58. The Kier molecular flexibility index (Phi) is 5.57. The Labute approximate surface area is 168 Å². The fourth-order valence-corrected chi connectivity index (χ4v) is 4.18. The lowest BCUT2D eigenvalue weighted by atomic mass is 9.96. The molecule has 0 saturated carbocycles. The van der Waals surface area contributed by atoms with Crippen molar-refractivity contribution < 1.29 is 9.53 Å². The summed E-state index contributed by atoms with van der Waals surface area (Å²) in [5.41, 5.74) is 1.07. The van der Waals surface area contributed by atoms with E-state index in [2.05, 4.69) is 20.4 Å². The third-order valence-electron chi connectivity index (χ3n) is 4.99. The first-order valence-electron chi connectivity index (χ1n) is 9.35. The molecule has 0 aliphatic carbocycles. The van der Waals surface area contributed by atoms with Gasteiger partial charge in [0.2, 0.25) is 16.2 Å². The van der Waals surface area contributed by atoms with Crippen LogP contribution in [0.5, 0.6) is 5.75 Å². The minimum absolute atomic E-state index is 0.0475. The topological polar surface area (TPSA) is 72.3 Å². The number of hydrogen-bond acceptors (Lipinski definition) is 6. The molecule has 0 radical (unpaired) electrons. The minimum atomic E-state index is 0.0475. The molecule has 1 amide bonds. The number of nitrogens with one attached hydrogen (secondary N) is 1. The number of ether oxygens (including phenoxy) is 1. The Bertz CT molecular complexity index is 899. The van der Waals surface area contributed by atoms with Crippen LogP contribution in [0.3, 0.4) is 0 Å². The molecule has 2 aromatic heterocycles. The molecule has 1 aliphatic rings. The largest absolute Gasteiger partial charge is 0.497 e. The maximum atomic E-state index is 12.5. The minimum Gasteiger partial charge on any atom is -0.497 e. The Morgan fingerprint density at radius 2 is 1.82 bits per heavy atom. The van der Waals surface area contributed by atoms with Crippen LogP contribution >= 0.6 is 11.3 Å². The summed E-state index contributed by atoms with van der Waals surface area (Å²) in [4.78, 5) is 14.7. The summed E-state index contributed by atoms with van der Waals surface area (Å²) < 4.78 is 7.12. The SMILES string of the molecule is COc1ccc(CNC(=O)C2CCN(c3nnc(-n4cccc4)s3)CC2)cc1. The van der Waals surface area contributed by atoms with Crippen LogP contribution in [0.1, 0.15) is 18.4 Å². The van der Waals surface area contributed by atoms with E-state index in [4.69, 9.17) is 4.74 Å². The number of benzene rings is 1. The van der Waals surface area contributed by atoms with Crippen LogP contribution in [0.25, 0.3) is 5.13 Å². The third kappa shape index (κ3) is 4.17. The van der Waals surface area contributed by atoms with E-state index in [1.165, 1.54) is 0 Å². The van der Waals surface area contributed by atoms with Crippen LogP contribution in [0.4, 0.5) is 5.13 Å². The molecule has 3 heterocycles. The number of hydrogen-bond donors (Lipinski definition) is 1. The molecular formula is C20H23N5O2S. The van der Waals surface area contributed by atoms with Gasteiger partial charge in [-0.3, -0.25) is 9.36 Å². The van der Waals surface area contributed by atoms with E-state index in [1.807, 2.05) is 53.4 Å². The van der Waals surface area contributed by atoms with Crippen molar-refractivity contribution in [3.05, 3.63) is 54.4 Å². The normalized spacial score (nSPS) is 14.8. The highest BCUT2D eigenvalue weighted by atomic mass is 32.1. The molecule has 1 fully saturated rings. The lowest BCUT2D eigenvalue weighted by Crippen LogP contribution is -2.40. The highest BCUT2D eigenvalue weighted by Crippen LogP contribution is 2.27. The molecule has 1 saturated heterocycles. The van der Waals surface area contributed by atoms with Crippen molar-refractivity contribution in [3.8, 4) is 10.9 Å². The molecule has 3 aromatic rings. The fourth-order valence-electron chi connectivity index (χ4n) is 3.31. The lowest BCUT2D eigenvalue weighted by molar-refractivity contribution is -0.125. The second kappa shape index (κ2) is 8.43. The first-order valence-corrected chi connectivity index (χ1v) is 10.2. The first kappa shape index (κ1) is 18.5. The number of piperidine rings is 1. The predicted octanol–water partition coefficient (Wildman–Crippen LogP) is 2.87. The quantitative estimate of drug-likeness (QED) is 0.692. The molecule has 4 rings (SSSR count). The average molecular weight is 398 g/mol. The summed E-state index contributed by atoms with van der Waals surface area (Å²) >= 11 is 1.57. The molecule has 8 heteroatoms. The van der Waals surface area contributed by atoms with Crippen molar-refractivity contribution in [2.45, 2.75) is 19.4 Å². The molecule has 1 aliphatic heterocycles. The van der Waals surface area contributed by atoms with Crippen LogP contribution in [0, 0.1) is 5.92 Å². The zero-order valence-corrected chi connectivity index (χ0v) is 16.6. The second-order valence-electron chi connectivity index (χ2n) is 6.78. The molecule has 0 unspecified atom stereocenters. The van der Waals surface area contributed by atoms with Crippen LogP contribution in [-0.2, 0) is 11.3 Å². The van der Waals surface area contributed by atoms with Gasteiger partial charge in [0.1, 0.15) is 5.75 Å². The molecule has 1 N–H and O–H groups in total. The lowest BCUT2D eigenvalue weighted by Gasteiger charge is -2.30. The van der Waals surface area contributed by atoms with Gasteiger partial charge < -0.3 is 15.0 Å². The predicted molar refractivity (Wildman–Crippen MR) is 109 cm³/mol. The van der Waals surface area contributed by atoms with Crippen LogP contribution in [0.15, 0.2) is 48.8 Å². The van der Waals surface area contributed by atoms with Gasteiger partial charge in [0, 0.05) is 37.9 Å². The number of nitrogens with zero attached hydrogens (tertiary/aromatic N) is 4. The van der Waals surface area contributed by atoms with Crippen molar-refractivity contribution in [2.24, 2.45) is 5.92 Å². The Morgan fingerprint density at radius 1 is 1.14 bits per heavy atom. The van der Waals surface area contributed by atoms with E-state index in [9.17, 15) is 4.79 Å². The zero-order chi connectivity index (χ0) is 19.3. The molecule has 28 heavy (non-hydrogen) atoms. The number of methoxy groups -OCH3 is 1. The number of carbonyl (C=O) groups excluding carboxylic acids is 1. The summed E-state index contributed by atoms with van der Waals surface area (Å²) in [6, 6.07) is 11.7. The van der Waals surface area contributed by atoms with Crippen molar-refractivity contribution in [1.29, 1.82) is 0 Å². The fraction of sp³-hybridized carbons (Fsp3) is 0.350. The molecular weight excluding hydrogens is 374 g/mol.